The highest BCUT2D eigenvalue weighted by Crippen LogP contribution is 2.47. The van der Waals surface area contributed by atoms with Gasteiger partial charge in [-0.3, -0.25) is 9.52 Å². The van der Waals surface area contributed by atoms with E-state index >= 15 is 0 Å². The molecule has 0 radical (unpaired) electrons. The molecule has 0 bridgehead atoms. The molecular formula is C22H25FN2O6S. The number of hydrogen-bond acceptors (Lipinski definition) is 6. The molecule has 1 amide bonds. The Morgan fingerprint density at radius 1 is 1.25 bits per heavy atom. The predicted octanol–water partition coefficient (Wildman–Crippen LogP) is 1.90. The number of carbonyl (C=O) groups excluding carboxylic acids is 1. The number of aliphatic hydroxyl groups excluding tert-OH is 1. The van der Waals surface area contributed by atoms with Crippen molar-refractivity contribution in [2.75, 3.05) is 17.6 Å². The number of amides is 1. The molecule has 2 aromatic rings. The zero-order chi connectivity index (χ0) is 22.9. The van der Waals surface area contributed by atoms with Crippen LogP contribution in [0.25, 0.3) is 0 Å². The van der Waals surface area contributed by atoms with Gasteiger partial charge in [0.05, 0.1) is 25.4 Å². The third-order valence-corrected chi connectivity index (χ3v) is 6.26. The van der Waals surface area contributed by atoms with Gasteiger partial charge < -0.3 is 19.9 Å². The average Bonchev–Trinajstić information content (AvgIpc) is 3.09. The second-order valence-electron chi connectivity index (χ2n) is 8.10. The second-order valence-corrected chi connectivity index (χ2v) is 9.85. The molecule has 172 valence electrons. The summed E-state index contributed by atoms with van der Waals surface area (Å²) in [5.74, 6) is -0.240. The van der Waals surface area contributed by atoms with Gasteiger partial charge in [-0.1, -0.05) is 18.2 Å². The van der Waals surface area contributed by atoms with E-state index in [-0.39, 0.29) is 37.2 Å². The number of halogens is 1. The molecule has 0 aromatic heterocycles. The molecule has 0 aliphatic carbocycles. The van der Waals surface area contributed by atoms with Crippen molar-refractivity contribution >= 4 is 21.6 Å². The highest BCUT2D eigenvalue weighted by Gasteiger charge is 2.46. The zero-order valence-electron chi connectivity index (χ0n) is 17.5. The number of carbonyl (C=O) groups is 1. The van der Waals surface area contributed by atoms with Crippen LogP contribution in [-0.4, -0.2) is 50.6 Å². The van der Waals surface area contributed by atoms with Gasteiger partial charge in [-0.2, -0.15) is 0 Å². The molecule has 0 spiro atoms. The molecule has 2 aliphatic rings. The molecule has 2 aromatic carbocycles. The Hall–Kier alpha value is -2.69. The number of hydrogen-bond donors (Lipinski definition) is 3. The molecule has 0 unspecified atom stereocenters. The number of ether oxygens (including phenoxy) is 2. The van der Waals surface area contributed by atoms with E-state index in [2.05, 4.69) is 10.0 Å². The quantitative estimate of drug-likeness (QED) is 0.577. The van der Waals surface area contributed by atoms with Crippen LogP contribution in [0, 0.1) is 5.82 Å². The lowest BCUT2D eigenvalue weighted by Crippen LogP contribution is -2.47. The van der Waals surface area contributed by atoms with Crippen LogP contribution in [0.5, 0.6) is 5.75 Å². The summed E-state index contributed by atoms with van der Waals surface area (Å²) in [5, 5.41) is 12.5. The largest absolute Gasteiger partial charge is 0.487 e. The van der Waals surface area contributed by atoms with Crippen molar-refractivity contribution < 1.29 is 32.2 Å². The minimum Gasteiger partial charge on any atom is -0.487 e. The molecular weight excluding hydrogens is 439 g/mol. The lowest BCUT2D eigenvalue weighted by atomic mass is 9.84. The van der Waals surface area contributed by atoms with Crippen LogP contribution < -0.4 is 14.8 Å². The van der Waals surface area contributed by atoms with E-state index in [1.165, 1.54) is 6.07 Å². The summed E-state index contributed by atoms with van der Waals surface area (Å²) in [6, 6.07) is 11.2. The van der Waals surface area contributed by atoms with E-state index in [1.54, 1.807) is 36.4 Å². The van der Waals surface area contributed by atoms with E-state index in [1.807, 2.05) is 0 Å². The summed E-state index contributed by atoms with van der Waals surface area (Å²) in [6.07, 6.45) is 0.0493. The standard InChI is InChI=1S/C22H25FN2O6S/c1-32(28,29)25-14-6-7-19-16(8-14)17-9-15(30-20(12-26)22(17)31-19)10-21(27)24-11-13-4-2-3-5-18(13)23/h2-8,15,17,20,22,25-26H,9-12H2,1H3,(H,24,27)/t15-,17+,20+,22-/m0/s1. The van der Waals surface area contributed by atoms with Gasteiger partial charge in [0.25, 0.3) is 0 Å². The fourth-order valence-corrected chi connectivity index (χ4v) is 4.84. The fourth-order valence-electron chi connectivity index (χ4n) is 4.28. The topological polar surface area (TPSA) is 114 Å². The molecule has 10 heteroatoms. The Kier molecular flexibility index (Phi) is 6.36. The van der Waals surface area contributed by atoms with Gasteiger partial charge in [0.2, 0.25) is 15.9 Å². The van der Waals surface area contributed by atoms with Crippen molar-refractivity contribution in [1.29, 1.82) is 0 Å². The summed E-state index contributed by atoms with van der Waals surface area (Å²) in [7, 11) is -3.43. The summed E-state index contributed by atoms with van der Waals surface area (Å²) in [5.41, 5.74) is 1.62. The first kappa shape index (κ1) is 22.5. The lowest BCUT2D eigenvalue weighted by Gasteiger charge is -2.37. The molecule has 0 saturated carbocycles. The summed E-state index contributed by atoms with van der Waals surface area (Å²) in [4.78, 5) is 12.5. The van der Waals surface area contributed by atoms with Gasteiger partial charge in [-0.25, -0.2) is 12.8 Å². The first-order valence-electron chi connectivity index (χ1n) is 10.3. The maximum atomic E-state index is 13.8. The predicted molar refractivity (Wildman–Crippen MR) is 115 cm³/mol. The van der Waals surface area contributed by atoms with Crippen molar-refractivity contribution in [3.05, 3.63) is 59.4 Å². The van der Waals surface area contributed by atoms with Gasteiger partial charge >= 0.3 is 0 Å². The summed E-state index contributed by atoms with van der Waals surface area (Å²) >= 11 is 0. The molecule has 2 aliphatic heterocycles. The summed E-state index contributed by atoms with van der Waals surface area (Å²) < 4.78 is 51.2. The summed E-state index contributed by atoms with van der Waals surface area (Å²) in [6.45, 7) is -0.211. The van der Waals surface area contributed by atoms with Gasteiger partial charge in [0.1, 0.15) is 23.8 Å². The number of benzene rings is 2. The Labute approximate surface area is 185 Å². The third-order valence-electron chi connectivity index (χ3n) is 5.65. The van der Waals surface area contributed by atoms with E-state index in [4.69, 9.17) is 9.47 Å². The minimum atomic E-state index is -3.43. The average molecular weight is 465 g/mol. The first-order chi connectivity index (χ1) is 15.2. The second kappa shape index (κ2) is 9.05. The number of anilines is 1. The van der Waals surface area contributed by atoms with Gasteiger partial charge in [0, 0.05) is 29.3 Å². The lowest BCUT2D eigenvalue weighted by molar-refractivity contribution is -0.142. The van der Waals surface area contributed by atoms with E-state index in [0.29, 0.717) is 23.4 Å². The number of fused-ring (bicyclic) bond motifs is 3. The Morgan fingerprint density at radius 2 is 2.03 bits per heavy atom. The third kappa shape index (κ3) is 5.03. The SMILES string of the molecule is CS(=O)(=O)Nc1ccc2c(c1)[C@H]1C[C@@H](CC(=O)NCc3ccccc3F)O[C@H](CO)[C@H]1O2. The van der Waals surface area contributed by atoms with Crippen LogP contribution in [0.1, 0.15) is 29.9 Å². The number of nitrogens with one attached hydrogen (secondary N) is 2. The Balaban J connectivity index is 1.45. The van der Waals surface area contributed by atoms with Crippen molar-refractivity contribution in [1.82, 2.24) is 5.32 Å². The molecule has 2 heterocycles. The molecule has 8 nitrogen and oxygen atoms in total. The minimum absolute atomic E-state index is 0.0464. The van der Waals surface area contributed by atoms with Gasteiger partial charge in [-0.05, 0) is 30.7 Å². The number of sulfonamides is 1. The number of rotatable bonds is 7. The molecule has 1 fully saturated rings. The molecule has 1 saturated heterocycles. The van der Waals surface area contributed by atoms with Crippen LogP contribution >= 0.6 is 0 Å². The maximum absolute atomic E-state index is 13.8. The van der Waals surface area contributed by atoms with E-state index in [9.17, 15) is 22.7 Å². The van der Waals surface area contributed by atoms with Crippen molar-refractivity contribution in [3.8, 4) is 5.75 Å². The monoisotopic (exact) mass is 464 g/mol. The van der Waals surface area contributed by atoms with Crippen LogP contribution in [0.15, 0.2) is 42.5 Å². The first-order valence-corrected chi connectivity index (χ1v) is 12.2. The fraction of sp³-hybridized carbons (Fsp3) is 0.409. The zero-order valence-corrected chi connectivity index (χ0v) is 18.3. The van der Waals surface area contributed by atoms with E-state index in [0.717, 1.165) is 11.8 Å². The maximum Gasteiger partial charge on any atom is 0.229 e. The Morgan fingerprint density at radius 3 is 2.75 bits per heavy atom. The van der Waals surface area contributed by atoms with Crippen molar-refractivity contribution in [3.63, 3.8) is 0 Å². The van der Waals surface area contributed by atoms with Gasteiger partial charge in [-0.15, -0.1) is 0 Å². The van der Waals surface area contributed by atoms with Crippen molar-refractivity contribution in [2.24, 2.45) is 0 Å². The van der Waals surface area contributed by atoms with Crippen molar-refractivity contribution in [2.45, 2.75) is 43.6 Å². The molecule has 3 N–H and O–H groups in total. The smallest absolute Gasteiger partial charge is 0.229 e. The normalized spacial score (nSPS) is 24.2. The Bertz CT molecular complexity index is 1110. The molecule has 32 heavy (non-hydrogen) atoms. The van der Waals surface area contributed by atoms with Crippen LogP contribution in [-0.2, 0) is 26.1 Å². The number of aliphatic hydroxyl groups is 1. The molecule has 4 rings (SSSR count). The van der Waals surface area contributed by atoms with Crippen LogP contribution in [0.2, 0.25) is 0 Å². The molecule has 4 atom stereocenters. The highest BCUT2D eigenvalue weighted by atomic mass is 32.2. The highest BCUT2D eigenvalue weighted by molar-refractivity contribution is 7.92. The van der Waals surface area contributed by atoms with Crippen LogP contribution in [0.3, 0.4) is 0 Å². The van der Waals surface area contributed by atoms with Gasteiger partial charge in [0.15, 0.2) is 0 Å². The van der Waals surface area contributed by atoms with Crippen LogP contribution in [0.4, 0.5) is 10.1 Å². The van der Waals surface area contributed by atoms with E-state index < -0.39 is 28.3 Å².